The standard InChI is InChI=1S/C16H26O4/c1-2-3-4-5-7-12(17)8-6-9-13-14(18)10-11-15(19)16(13)20/h6,8,12,15,17,19-20H,2-5,7,9-11H2,1H3/b8-6+/t12?,15-/m0/s1. The highest BCUT2D eigenvalue weighted by Gasteiger charge is 2.25. The van der Waals surface area contributed by atoms with Crippen LogP contribution in [0.3, 0.4) is 0 Å². The highest BCUT2D eigenvalue weighted by Crippen LogP contribution is 2.23. The van der Waals surface area contributed by atoms with Gasteiger partial charge in [-0.25, -0.2) is 0 Å². The molecular weight excluding hydrogens is 256 g/mol. The maximum atomic E-state index is 11.6. The molecule has 1 rings (SSSR count). The number of unbranched alkanes of at least 4 members (excludes halogenated alkanes) is 3. The Morgan fingerprint density at radius 2 is 2.10 bits per heavy atom. The second kappa shape index (κ2) is 8.93. The average Bonchev–Trinajstić information content (AvgIpc) is 2.43. The van der Waals surface area contributed by atoms with Crippen molar-refractivity contribution < 1.29 is 20.1 Å². The van der Waals surface area contributed by atoms with E-state index in [0.717, 1.165) is 19.3 Å². The average molecular weight is 282 g/mol. The lowest BCUT2D eigenvalue weighted by Gasteiger charge is -2.19. The van der Waals surface area contributed by atoms with E-state index in [1.165, 1.54) is 12.8 Å². The van der Waals surface area contributed by atoms with E-state index in [1.807, 2.05) is 0 Å². The van der Waals surface area contributed by atoms with Crippen LogP contribution in [0.25, 0.3) is 0 Å². The van der Waals surface area contributed by atoms with Crippen LogP contribution in [0.2, 0.25) is 0 Å². The Labute approximate surface area is 120 Å². The van der Waals surface area contributed by atoms with E-state index < -0.39 is 12.2 Å². The molecule has 114 valence electrons. The molecule has 1 aliphatic rings. The predicted molar refractivity (Wildman–Crippen MR) is 78.4 cm³/mol. The third-order valence-corrected chi connectivity index (χ3v) is 3.64. The number of allylic oxidation sites excluding steroid dienone is 2. The molecule has 2 atom stereocenters. The van der Waals surface area contributed by atoms with Gasteiger partial charge in [0.15, 0.2) is 5.78 Å². The molecule has 0 bridgehead atoms. The first-order valence-corrected chi connectivity index (χ1v) is 7.54. The Bertz CT molecular complexity index is 371. The van der Waals surface area contributed by atoms with E-state index in [2.05, 4.69) is 6.92 Å². The summed E-state index contributed by atoms with van der Waals surface area (Å²) in [5.41, 5.74) is 0.276. The van der Waals surface area contributed by atoms with Crippen molar-refractivity contribution in [3.8, 4) is 0 Å². The van der Waals surface area contributed by atoms with Gasteiger partial charge < -0.3 is 15.3 Å². The maximum absolute atomic E-state index is 11.6. The lowest BCUT2D eigenvalue weighted by molar-refractivity contribution is -0.117. The van der Waals surface area contributed by atoms with Crippen LogP contribution in [0.5, 0.6) is 0 Å². The molecular formula is C16H26O4. The van der Waals surface area contributed by atoms with E-state index in [4.69, 9.17) is 0 Å². The zero-order valence-corrected chi connectivity index (χ0v) is 12.2. The zero-order valence-electron chi connectivity index (χ0n) is 12.2. The number of Topliss-reactive ketones (excluding diaryl/α,β-unsaturated/α-hetero) is 1. The van der Waals surface area contributed by atoms with Crippen molar-refractivity contribution in [3.05, 3.63) is 23.5 Å². The molecule has 1 aliphatic carbocycles. The molecule has 0 radical (unpaired) electrons. The van der Waals surface area contributed by atoms with Crippen LogP contribution in [-0.2, 0) is 4.79 Å². The van der Waals surface area contributed by atoms with Crippen LogP contribution in [0.15, 0.2) is 23.5 Å². The van der Waals surface area contributed by atoms with E-state index in [1.54, 1.807) is 12.2 Å². The van der Waals surface area contributed by atoms with Crippen molar-refractivity contribution in [1.29, 1.82) is 0 Å². The third-order valence-electron chi connectivity index (χ3n) is 3.64. The number of hydrogen-bond donors (Lipinski definition) is 3. The van der Waals surface area contributed by atoms with Gasteiger partial charge in [0.05, 0.1) is 6.10 Å². The van der Waals surface area contributed by atoms with Crippen LogP contribution in [-0.4, -0.2) is 33.3 Å². The van der Waals surface area contributed by atoms with Crippen molar-refractivity contribution >= 4 is 5.78 Å². The molecule has 4 heteroatoms. The number of hydrogen-bond acceptors (Lipinski definition) is 4. The Balaban J connectivity index is 2.39. The molecule has 0 spiro atoms. The highest BCUT2D eigenvalue weighted by atomic mass is 16.3. The van der Waals surface area contributed by atoms with Gasteiger partial charge in [-0.1, -0.05) is 44.8 Å². The molecule has 0 heterocycles. The number of rotatable bonds is 8. The summed E-state index contributed by atoms with van der Waals surface area (Å²) >= 11 is 0. The van der Waals surface area contributed by atoms with Gasteiger partial charge in [0.2, 0.25) is 0 Å². The molecule has 0 saturated carbocycles. The lowest BCUT2D eigenvalue weighted by atomic mass is 9.92. The topological polar surface area (TPSA) is 77.8 Å². The van der Waals surface area contributed by atoms with Crippen molar-refractivity contribution in [2.45, 2.75) is 70.5 Å². The van der Waals surface area contributed by atoms with Crippen molar-refractivity contribution in [2.75, 3.05) is 0 Å². The molecule has 20 heavy (non-hydrogen) atoms. The minimum Gasteiger partial charge on any atom is -0.509 e. The minimum atomic E-state index is -0.921. The first-order valence-electron chi connectivity index (χ1n) is 7.54. The minimum absolute atomic E-state index is 0.116. The molecule has 0 amide bonds. The summed E-state index contributed by atoms with van der Waals surface area (Å²) in [5, 5.41) is 29.0. The van der Waals surface area contributed by atoms with Crippen LogP contribution in [0, 0.1) is 0 Å². The summed E-state index contributed by atoms with van der Waals surface area (Å²) in [5.74, 6) is -0.321. The number of carbonyl (C=O) groups is 1. The summed E-state index contributed by atoms with van der Waals surface area (Å²) in [6.07, 6.45) is 7.97. The van der Waals surface area contributed by atoms with Crippen LogP contribution >= 0.6 is 0 Å². The molecule has 1 unspecified atom stereocenters. The Morgan fingerprint density at radius 1 is 1.35 bits per heavy atom. The highest BCUT2D eigenvalue weighted by molar-refractivity contribution is 5.97. The van der Waals surface area contributed by atoms with Gasteiger partial charge >= 0.3 is 0 Å². The van der Waals surface area contributed by atoms with E-state index in [-0.39, 0.29) is 36.4 Å². The molecule has 0 saturated heterocycles. The summed E-state index contributed by atoms with van der Waals surface area (Å²) in [4.78, 5) is 11.6. The predicted octanol–water partition coefficient (Wildman–Crippen LogP) is 2.80. The lowest BCUT2D eigenvalue weighted by Crippen LogP contribution is -2.23. The molecule has 0 aliphatic heterocycles. The second-order valence-electron chi connectivity index (χ2n) is 5.39. The third kappa shape index (κ3) is 5.47. The SMILES string of the molecule is CCCCCCC(O)/C=C/CC1=C(O)[C@@H](O)CCC1=O. The molecule has 0 aromatic rings. The van der Waals surface area contributed by atoms with Crippen LogP contribution < -0.4 is 0 Å². The van der Waals surface area contributed by atoms with E-state index in [0.29, 0.717) is 0 Å². The summed E-state index contributed by atoms with van der Waals surface area (Å²) < 4.78 is 0. The van der Waals surface area contributed by atoms with Gasteiger partial charge in [-0.05, 0) is 19.3 Å². The van der Waals surface area contributed by atoms with Crippen molar-refractivity contribution in [1.82, 2.24) is 0 Å². The van der Waals surface area contributed by atoms with E-state index >= 15 is 0 Å². The fourth-order valence-corrected chi connectivity index (χ4v) is 2.34. The van der Waals surface area contributed by atoms with Crippen LogP contribution in [0.1, 0.15) is 58.3 Å². The number of aliphatic hydroxyl groups excluding tert-OH is 3. The van der Waals surface area contributed by atoms with Gasteiger partial charge in [-0.2, -0.15) is 0 Å². The summed E-state index contributed by atoms with van der Waals surface area (Å²) in [6, 6.07) is 0. The second-order valence-corrected chi connectivity index (χ2v) is 5.39. The fourth-order valence-electron chi connectivity index (χ4n) is 2.34. The smallest absolute Gasteiger partial charge is 0.162 e. The van der Waals surface area contributed by atoms with Crippen molar-refractivity contribution in [3.63, 3.8) is 0 Å². The van der Waals surface area contributed by atoms with E-state index in [9.17, 15) is 20.1 Å². The van der Waals surface area contributed by atoms with Gasteiger partial charge in [0.25, 0.3) is 0 Å². The summed E-state index contributed by atoms with van der Waals surface area (Å²) in [7, 11) is 0. The first kappa shape index (κ1) is 16.9. The van der Waals surface area contributed by atoms with Crippen molar-refractivity contribution in [2.24, 2.45) is 0 Å². The number of ketones is 1. The number of carbonyl (C=O) groups excluding carboxylic acids is 1. The molecule has 0 fully saturated rings. The maximum Gasteiger partial charge on any atom is 0.162 e. The Kier molecular flexibility index (Phi) is 7.55. The first-order chi connectivity index (χ1) is 9.56. The number of aliphatic hydroxyl groups is 3. The fraction of sp³-hybridized carbons (Fsp3) is 0.688. The molecule has 0 aromatic carbocycles. The van der Waals surface area contributed by atoms with Gasteiger partial charge in [-0.3, -0.25) is 4.79 Å². The van der Waals surface area contributed by atoms with Gasteiger partial charge in [0, 0.05) is 12.0 Å². The summed E-state index contributed by atoms with van der Waals surface area (Å²) in [6.45, 7) is 2.14. The van der Waals surface area contributed by atoms with Gasteiger partial charge in [0.1, 0.15) is 11.9 Å². The normalized spacial score (nSPS) is 21.8. The monoisotopic (exact) mass is 282 g/mol. The molecule has 0 aromatic heterocycles. The Hall–Kier alpha value is -1.13. The van der Waals surface area contributed by atoms with Gasteiger partial charge in [-0.15, -0.1) is 0 Å². The largest absolute Gasteiger partial charge is 0.509 e. The zero-order chi connectivity index (χ0) is 15.0. The van der Waals surface area contributed by atoms with Crippen LogP contribution in [0.4, 0.5) is 0 Å². The quantitative estimate of drug-likeness (QED) is 0.472. The Morgan fingerprint density at radius 3 is 2.80 bits per heavy atom. The molecule has 3 N–H and O–H groups in total. The molecule has 4 nitrogen and oxygen atoms in total.